The normalized spacial score (nSPS) is 18.3. The molecule has 2 N–H and O–H groups in total. The van der Waals surface area contributed by atoms with Crippen LogP contribution < -0.4 is 0 Å². The summed E-state index contributed by atoms with van der Waals surface area (Å²) >= 11 is 1.95. The fourth-order valence-electron chi connectivity index (χ4n) is 1.62. The van der Waals surface area contributed by atoms with Gasteiger partial charge in [0.1, 0.15) is 11.5 Å². The Kier molecular flexibility index (Phi) is 2.77. The van der Waals surface area contributed by atoms with E-state index >= 15 is 0 Å². The van der Waals surface area contributed by atoms with Crippen LogP contribution in [-0.2, 0) is 0 Å². The molecule has 1 aromatic heterocycles. The number of nitrogens with one attached hydrogen (secondary N) is 1. The molecule has 0 spiro atoms. The highest BCUT2D eigenvalue weighted by atomic mass is 32.2. The summed E-state index contributed by atoms with van der Waals surface area (Å²) in [6, 6.07) is 0. The number of aromatic amines is 1. The van der Waals surface area contributed by atoms with Crippen LogP contribution in [0.2, 0.25) is 0 Å². The zero-order chi connectivity index (χ0) is 9.97. The predicted molar refractivity (Wildman–Crippen MR) is 54.8 cm³/mol. The molecular weight excluding hydrogens is 200 g/mol. The third kappa shape index (κ3) is 1.92. The highest BCUT2D eigenvalue weighted by Gasteiger charge is 2.19. The second kappa shape index (κ2) is 4.04. The molecular formula is C9H12N2O2S. The van der Waals surface area contributed by atoms with Gasteiger partial charge in [-0.15, -0.1) is 0 Å². The number of rotatable bonds is 2. The van der Waals surface area contributed by atoms with E-state index in [1.54, 1.807) is 0 Å². The average Bonchev–Trinajstić information content (AvgIpc) is 2.68. The van der Waals surface area contributed by atoms with Crippen molar-refractivity contribution in [3.8, 4) is 0 Å². The first-order valence-corrected chi connectivity index (χ1v) is 5.79. The molecule has 1 saturated heterocycles. The van der Waals surface area contributed by atoms with Crippen molar-refractivity contribution < 1.29 is 9.90 Å². The zero-order valence-corrected chi connectivity index (χ0v) is 8.51. The molecule has 0 amide bonds. The van der Waals surface area contributed by atoms with Crippen molar-refractivity contribution in [2.24, 2.45) is 0 Å². The summed E-state index contributed by atoms with van der Waals surface area (Å²) in [7, 11) is 0. The molecule has 1 fully saturated rings. The highest BCUT2D eigenvalue weighted by Crippen LogP contribution is 2.29. The molecule has 0 atom stereocenters. The molecule has 76 valence electrons. The van der Waals surface area contributed by atoms with Gasteiger partial charge in [0, 0.05) is 5.92 Å². The molecule has 14 heavy (non-hydrogen) atoms. The molecule has 5 heteroatoms. The Balaban J connectivity index is 2.11. The van der Waals surface area contributed by atoms with E-state index in [1.807, 2.05) is 11.8 Å². The van der Waals surface area contributed by atoms with Crippen LogP contribution in [0.1, 0.15) is 35.1 Å². The molecule has 0 unspecified atom stereocenters. The van der Waals surface area contributed by atoms with E-state index in [-0.39, 0.29) is 5.69 Å². The molecule has 0 aliphatic carbocycles. The van der Waals surface area contributed by atoms with Crippen LogP contribution >= 0.6 is 11.8 Å². The fourth-order valence-corrected chi connectivity index (χ4v) is 2.73. The third-order valence-electron chi connectivity index (χ3n) is 2.43. The molecule has 1 aliphatic rings. The number of hydrogen-bond acceptors (Lipinski definition) is 3. The molecule has 0 aromatic carbocycles. The average molecular weight is 212 g/mol. The van der Waals surface area contributed by atoms with Crippen molar-refractivity contribution in [3.63, 3.8) is 0 Å². The standard InChI is InChI=1S/C9H12N2O2S/c12-9(13)7-5-10-8(11-7)6-1-3-14-4-2-6/h5-6H,1-4H2,(H,10,11)(H,12,13). The maximum atomic E-state index is 10.6. The summed E-state index contributed by atoms with van der Waals surface area (Å²) in [6.07, 6.45) is 3.59. The summed E-state index contributed by atoms with van der Waals surface area (Å²) in [4.78, 5) is 17.6. The summed E-state index contributed by atoms with van der Waals surface area (Å²) in [5, 5.41) is 8.72. The zero-order valence-electron chi connectivity index (χ0n) is 7.69. The van der Waals surface area contributed by atoms with Gasteiger partial charge < -0.3 is 10.1 Å². The van der Waals surface area contributed by atoms with Crippen LogP contribution in [0.25, 0.3) is 0 Å². The van der Waals surface area contributed by atoms with Crippen molar-refractivity contribution in [3.05, 3.63) is 17.7 Å². The van der Waals surface area contributed by atoms with Gasteiger partial charge in [-0.25, -0.2) is 9.78 Å². The summed E-state index contributed by atoms with van der Waals surface area (Å²) < 4.78 is 0. The van der Waals surface area contributed by atoms with Crippen LogP contribution in [0.15, 0.2) is 6.20 Å². The Morgan fingerprint density at radius 3 is 2.86 bits per heavy atom. The van der Waals surface area contributed by atoms with Crippen LogP contribution in [0.5, 0.6) is 0 Å². The molecule has 0 radical (unpaired) electrons. The minimum absolute atomic E-state index is 0.193. The van der Waals surface area contributed by atoms with Gasteiger partial charge in [0.15, 0.2) is 0 Å². The van der Waals surface area contributed by atoms with Crippen molar-refractivity contribution in [2.75, 3.05) is 11.5 Å². The lowest BCUT2D eigenvalue weighted by molar-refractivity contribution is 0.0691. The van der Waals surface area contributed by atoms with E-state index in [9.17, 15) is 4.79 Å². The maximum Gasteiger partial charge on any atom is 0.353 e. The molecule has 2 rings (SSSR count). The predicted octanol–water partition coefficient (Wildman–Crippen LogP) is 1.72. The van der Waals surface area contributed by atoms with E-state index in [0.29, 0.717) is 5.92 Å². The second-order valence-corrected chi connectivity index (χ2v) is 4.60. The van der Waals surface area contributed by atoms with E-state index in [1.165, 1.54) is 6.20 Å². The van der Waals surface area contributed by atoms with Gasteiger partial charge in [-0.05, 0) is 24.3 Å². The monoisotopic (exact) mass is 212 g/mol. The largest absolute Gasteiger partial charge is 0.477 e. The third-order valence-corrected chi connectivity index (χ3v) is 3.48. The van der Waals surface area contributed by atoms with Crippen molar-refractivity contribution in [2.45, 2.75) is 18.8 Å². The van der Waals surface area contributed by atoms with Crippen LogP contribution in [0, 0.1) is 0 Å². The lowest BCUT2D eigenvalue weighted by atomic mass is 10.0. The van der Waals surface area contributed by atoms with Gasteiger partial charge in [0.2, 0.25) is 0 Å². The smallest absolute Gasteiger partial charge is 0.353 e. The number of hydrogen-bond donors (Lipinski definition) is 2. The van der Waals surface area contributed by atoms with Crippen molar-refractivity contribution in [1.82, 2.24) is 9.97 Å². The van der Waals surface area contributed by atoms with Crippen molar-refractivity contribution >= 4 is 17.7 Å². The van der Waals surface area contributed by atoms with E-state index in [2.05, 4.69) is 9.97 Å². The number of aromatic nitrogens is 2. The first kappa shape index (κ1) is 9.58. The lowest BCUT2D eigenvalue weighted by Crippen LogP contribution is -2.09. The summed E-state index contributed by atoms with van der Waals surface area (Å²) in [6.45, 7) is 0. The van der Waals surface area contributed by atoms with Gasteiger partial charge in [0.25, 0.3) is 0 Å². The number of carboxylic acids is 1. The SMILES string of the molecule is O=C(O)c1cnc(C2CCSCC2)[nH]1. The van der Waals surface area contributed by atoms with Crippen LogP contribution in [0.3, 0.4) is 0 Å². The minimum Gasteiger partial charge on any atom is -0.477 e. The van der Waals surface area contributed by atoms with E-state index < -0.39 is 5.97 Å². The fraction of sp³-hybridized carbons (Fsp3) is 0.556. The van der Waals surface area contributed by atoms with Gasteiger partial charge >= 0.3 is 5.97 Å². The number of aromatic carboxylic acids is 1. The summed E-state index contributed by atoms with van der Waals surface area (Å²) in [5.74, 6) is 2.61. The number of imidazole rings is 1. The van der Waals surface area contributed by atoms with Gasteiger partial charge in [-0.1, -0.05) is 0 Å². The number of carboxylic acid groups (broad SMARTS) is 1. The number of H-pyrrole nitrogens is 1. The first-order chi connectivity index (χ1) is 6.77. The molecule has 1 aliphatic heterocycles. The van der Waals surface area contributed by atoms with E-state index in [0.717, 1.165) is 30.2 Å². The molecule has 0 bridgehead atoms. The Labute approximate surface area is 86.1 Å². The van der Waals surface area contributed by atoms with Crippen molar-refractivity contribution in [1.29, 1.82) is 0 Å². The molecule has 2 heterocycles. The molecule has 4 nitrogen and oxygen atoms in total. The van der Waals surface area contributed by atoms with E-state index in [4.69, 9.17) is 5.11 Å². The molecule has 0 saturated carbocycles. The topological polar surface area (TPSA) is 66.0 Å². The molecule has 1 aromatic rings. The number of thioether (sulfide) groups is 1. The Morgan fingerprint density at radius 2 is 2.29 bits per heavy atom. The highest BCUT2D eigenvalue weighted by molar-refractivity contribution is 7.99. The first-order valence-electron chi connectivity index (χ1n) is 4.63. The maximum absolute atomic E-state index is 10.6. The Hall–Kier alpha value is -0.970. The van der Waals surface area contributed by atoms with Gasteiger partial charge in [-0.3, -0.25) is 0 Å². The minimum atomic E-state index is -0.936. The van der Waals surface area contributed by atoms with Crippen LogP contribution in [-0.4, -0.2) is 32.5 Å². The lowest BCUT2D eigenvalue weighted by Gasteiger charge is -2.18. The van der Waals surface area contributed by atoms with Gasteiger partial charge in [-0.2, -0.15) is 11.8 Å². The Bertz CT molecular complexity index is 331. The second-order valence-electron chi connectivity index (χ2n) is 3.37. The number of nitrogens with zero attached hydrogens (tertiary/aromatic N) is 1. The summed E-state index contributed by atoms with van der Waals surface area (Å²) in [5.41, 5.74) is 0.193. The van der Waals surface area contributed by atoms with Gasteiger partial charge in [0.05, 0.1) is 6.20 Å². The van der Waals surface area contributed by atoms with Crippen LogP contribution in [0.4, 0.5) is 0 Å². The Morgan fingerprint density at radius 1 is 1.57 bits per heavy atom. The quantitative estimate of drug-likeness (QED) is 0.783. The number of carbonyl (C=O) groups is 1.